The van der Waals surface area contributed by atoms with Crippen molar-refractivity contribution in [3.8, 4) is 0 Å². The van der Waals surface area contributed by atoms with Gasteiger partial charge in [0.15, 0.2) is 0 Å². The van der Waals surface area contributed by atoms with Crippen LogP contribution < -0.4 is 5.32 Å². The molecule has 1 aromatic heterocycles. The molecule has 0 unspecified atom stereocenters. The molecule has 0 spiro atoms. The molecule has 1 aliphatic heterocycles. The Labute approximate surface area is 171 Å². The second-order valence-corrected chi connectivity index (χ2v) is 8.28. The third-order valence-corrected chi connectivity index (χ3v) is 6.54. The van der Waals surface area contributed by atoms with Crippen LogP contribution in [0.15, 0.2) is 30.5 Å². The molecule has 2 amide bonds. The number of benzene rings is 1. The average Bonchev–Trinajstić information content (AvgIpc) is 3.13. The number of likely N-dealkylation sites (N-methyl/N-ethyl adjacent to an activating group) is 1. The third-order valence-electron chi connectivity index (χ3n) is 6.54. The van der Waals surface area contributed by atoms with Gasteiger partial charge in [-0.25, -0.2) is 4.79 Å². The topological polar surface area (TPSA) is 88.7 Å². The van der Waals surface area contributed by atoms with E-state index in [0.717, 1.165) is 45.3 Å². The summed E-state index contributed by atoms with van der Waals surface area (Å²) in [6, 6.07) is 8.81. The number of urea groups is 1. The number of hydrogen-bond donors (Lipinski definition) is 3. The maximum atomic E-state index is 12.6. The number of aromatic amines is 1. The number of hydrogen-bond acceptors (Lipinski definition) is 3. The van der Waals surface area contributed by atoms with E-state index in [1.54, 1.807) is 0 Å². The Morgan fingerprint density at radius 2 is 1.97 bits per heavy atom. The minimum absolute atomic E-state index is 0.0205. The van der Waals surface area contributed by atoms with Crippen LogP contribution in [0.3, 0.4) is 0 Å². The molecule has 7 nitrogen and oxygen atoms in total. The SMILES string of the molecule is CCN(CC(=O)O)C1CC(NC(=O)N2CCC(c3c[nH]c4ccccc34)CC2)C1. The molecule has 2 aromatic rings. The summed E-state index contributed by atoms with van der Waals surface area (Å²) >= 11 is 0. The summed E-state index contributed by atoms with van der Waals surface area (Å²) in [7, 11) is 0. The first-order valence-corrected chi connectivity index (χ1v) is 10.6. The van der Waals surface area contributed by atoms with Gasteiger partial charge in [0.2, 0.25) is 0 Å². The molecule has 2 heterocycles. The van der Waals surface area contributed by atoms with Crippen molar-refractivity contribution in [3.05, 3.63) is 36.0 Å². The average molecular weight is 399 g/mol. The minimum Gasteiger partial charge on any atom is -0.480 e. The summed E-state index contributed by atoms with van der Waals surface area (Å²) in [5.74, 6) is -0.310. The fourth-order valence-electron chi connectivity index (χ4n) is 4.77. The zero-order chi connectivity index (χ0) is 20.4. The number of carboxylic acid groups (broad SMARTS) is 1. The molecule has 0 atom stereocenters. The third kappa shape index (κ3) is 4.24. The van der Waals surface area contributed by atoms with Crippen LogP contribution in [0, 0.1) is 0 Å². The molecule has 2 fully saturated rings. The van der Waals surface area contributed by atoms with E-state index in [-0.39, 0.29) is 24.7 Å². The first-order chi connectivity index (χ1) is 14.0. The van der Waals surface area contributed by atoms with Gasteiger partial charge in [0.25, 0.3) is 0 Å². The largest absolute Gasteiger partial charge is 0.480 e. The van der Waals surface area contributed by atoms with E-state index in [0.29, 0.717) is 5.92 Å². The molecule has 29 heavy (non-hydrogen) atoms. The zero-order valence-corrected chi connectivity index (χ0v) is 16.9. The lowest BCUT2D eigenvalue weighted by Crippen LogP contribution is -2.57. The van der Waals surface area contributed by atoms with Gasteiger partial charge in [-0.05, 0) is 49.8 Å². The summed E-state index contributed by atoms with van der Waals surface area (Å²) in [6.45, 7) is 4.31. The first kappa shape index (κ1) is 19.8. The number of carbonyl (C=O) groups excluding carboxylic acids is 1. The van der Waals surface area contributed by atoms with E-state index in [1.807, 2.05) is 22.8 Å². The normalized spacial score (nSPS) is 22.6. The van der Waals surface area contributed by atoms with E-state index in [1.165, 1.54) is 16.5 Å². The van der Waals surface area contributed by atoms with Crippen molar-refractivity contribution >= 4 is 22.9 Å². The van der Waals surface area contributed by atoms with Crippen molar-refractivity contribution in [1.82, 2.24) is 20.1 Å². The van der Waals surface area contributed by atoms with Gasteiger partial charge in [0, 0.05) is 42.3 Å². The number of carboxylic acids is 1. The summed E-state index contributed by atoms with van der Waals surface area (Å²) in [4.78, 5) is 30.8. The summed E-state index contributed by atoms with van der Waals surface area (Å²) in [5, 5.41) is 13.4. The highest BCUT2D eigenvalue weighted by atomic mass is 16.4. The van der Waals surface area contributed by atoms with E-state index in [2.05, 4.69) is 34.7 Å². The van der Waals surface area contributed by atoms with E-state index in [9.17, 15) is 9.59 Å². The minimum atomic E-state index is -0.794. The Kier molecular flexibility index (Phi) is 5.76. The smallest absolute Gasteiger partial charge is 0.317 e. The molecule has 1 aliphatic carbocycles. The van der Waals surface area contributed by atoms with E-state index in [4.69, 9.17) is 5.11 Å². The van der Waals surface area contributed by atoms with Crippen molar-refractivity contribution in [2.24, 2.45) is 0 Å². The highest BCUT2D eigenvalue weighted by Crippen LogP contribution is 2.33. The highest BCUT2D eigenvalue weighted by Gasteiger charge is 2.36. The van der Waals surface area contributed by atoms with Crippen LogP contribution in [0.4, 0.5) is 4.79 Å². The van der Waals surface area contributed by atoms with Gasteiger partial charge in [0.1, 0.15) is 0 Å². The standard InChI is InChI=1S/C22H30N4O3/c1-2-25(14-21(27)28)17-11-16(12-17)24-22(29)26-9-7-15(8-10-26)19-13-23-20-6-4-3-5-18(19)20/h3-6,13,15-17,23H,2,7-12,14H2,1H3,(H,24,29)(H,27,28). The van der Waals surface area contributed by atoms with Gasteiger partial charge in [-0.3, -0.25) is 9.69 Å². The first-order valence-electron chi connectivity index (χ1n) is 10.6. The Bertz CT molecular complexity index is 866. The van der Waals surface area contributed by atoms with Crippen LogP contribution in [-0.4, -0.2) is 70.2 Å². The lowest BCUT2D eigenvalue weighted by Gasteiger charge is -2.43. The second kappa shape index (κ2) is 8.45. The highest BCUT2D eigenvalue weighted by molar-refractivity contribution is 5.83. The van der Waals surface area contributed by atoms with Crippen LogP contribution in [0.1, 0.15) is 44.1 Å². The Hall–Kier alpha value is -2.54. The van der Waals surface area contributed by atoms with Gasteiger partial charge in [0.05, 0.1) is 6.54 Å². The second-order valence-electron chi connectivity index (χ2n) is 8.28. The van der Waals surface area contributed by atoms with Gasteiger partial charge in [-0.1, -0.05) is 25.1 Å². The fraction of sp³-hybridized carbons (Fsp3) is 0.545. The quantitative estimate of drug-likeness (QED) is 0.698. The monoisotopic (exact) mass is 398 g/mol. The molecule has 7 heteroatoms. The molecule has 1 saturated heterocycles. The maximum Gasteiger partial charge on any atom is 0.317 e. The lowest BCUT2D eigenvalue weighted by atomic mass is 9.85. The molecule has 0 bridgehead atoms. The van der Waals surface area contributed by atoms with E-state index >= 15 is 0 Å². The van der Waals surface area contributed by atoms with Crippen molar-refractivity contribution in [3.63, 3.8) is 0 Å². The Balaban J connectivity index is 1.24. The predicted molar refractivity (Wildman–Crippen MR) is 112 cm³/mol. The van der Waals surface area contributed by atoms with Crippen LogP contribution >= 0.6 is 0 Å². The van der Waals surface area contributed by atoms with Crippen molar-refractivity contribution in [1.29, 1.82) is 0 Å². The van der Waals surface area contributed by atoms with Gasteiger partial charge in [-0.15, -0.1) is 0 Å². The van der Waals surface area contributed by atoms with Gasteiger partial charge < -0.3 is 20.3 Å². The molecule has 1 saturated carbocycles. The van der Waals surface area contributed by atoms with E-state index < -0.39 is 5.97 Å². The Morgan fingerprint density at radius 1 is 1.24 bits per heavy atom. The molecule has 0 radical (unpaired) electrons. The summed E-state index contributed by atoms with van der Waals surface area (Å²) < 4.78 is 0. The van der Waals surface area contributed by atoms with Crippen LogP contribution in [0.5, 0.6) is 0 Å². The van der Waals surface area contributed by atoms with Gasteiger partial charge >= 0.3 is 12.0 Å². The predicted octanol–water partition coefficient (Wildman–Crippen LogP) is 2.99. The number of rotatable bonds is 6. The fourth-order valence-corrected chi connectivity index (χ4v) is 4.77. The molecule has 156 valence electrons. The number of amides is 2. The lowest BCUT2D eigenvalue weighted by molar-refractivity contribution is -0.139. The number of H-pyrrole nitrogens is 1. The maximum absolute atomic E-state index is 12.6. The molecule has 4 rings (SSSR count). The number of likely N-dealkylation sites (tertiary alicyclic amines) is 1. The number of aromatic nitrogens is 1. The zero-order valence-electron chi connectivity index (χ0n) is 16.9. The number of aliphatic carboxylic acids is 1. The van der Waals surface area contributed by atoms with Crippen molar-refractivity contribution in [2.45, 2.75) is 50.6 Å². The number of carbonyl (C=O) groups is 2. The molecule has 1 aromatic carbocycles. The van der Waals surface area contributed by atoms with Crippen LogP contribution in [0.25, 0.3) is 10.9 Å². The number of piperidine rings is 1. The summed E-state index contributed by atoms with van der Waals surface area (Å²) in [5.41, 5.74) is 2.53. The number of para-hydroxylation sites is 1. The van der Waals surface area contributed by atoms with Gasteiger partial charge in [-0.2, -0.15) is 0 Å². The molecule has 3 N–H and O–H groups in total. The number of nitrogens with zero attached hydrogens (tertiary/aromatic N) is 2. The molecular formula is C22H30N4O3. The Morgan fingerprint density at radius 3 is 2.66 bits per heavy atom. The number of nitrogens with one attached hydrogen (secondary N) is 2. The van der Waals surface area contributed by atoms with Crippen LogP contribution in [0.2, 0.25) is 0 Å². The van der Waals surface area contributed by atoms with Crippen molar-refractivity contribution in [2.75, 3.05) is 26.2 Å². The summed E-state index contributed by atoms with van der Waals surface area (Å²) in [6.07, 6.45) is 5.74. The molecular weight excluding hydrogens is 368 g/mol. The molecule has 2 aliphatic rings. The number of fused-ring (bicyclic) bond motifs is 1. The van der Waals surface area contributed by atoms with Crippen molar-refractivity contribution < 1.29 is 14.7 Å². The van der Waals surface area contributed by atoms with Crippen LogP contribution in [-0.2, 0) is 4.79 Å².